The molecule has 1 spiro atoms. The van der Waals surface area contributed by atoms with E-state index in [0.717, 1.165) is 51.9 Å². The van der Waals surface area contributed by atoms with Crippen molar-refractivity contribution >= 4 is 11.9 Å². The second kappa shape index (κ2) is 8.42. The minimum absolute atomic E-state index is 0.107. The number of methoxy groups -OCH3 is 1. The van der Waals surface area contributed by atoms with Crippen LogP contribution in [-0.2, 0) is 27.3 Å². The molecule has 2 fully saturated rings. The van der Waals surface area contributed by atoms with Crippen molar-refractivity contribution in [1.29, 1.82) is 0 Å². The average Bonchev–Trinajstić information content (AvgIpc) is 2.96. The molecule has 148 valence electrons. The van der Waals surface area contributed by atoms with E-state index in [9.17, 15) is 9.59 Å². The lowest BCUT2D eigenvalue weighted by molar-refractivity contribution is -0.150. The summed E-state index contributed by atoms with van der Waals surface area (Å²) in [5, 5.41) is 0. The maximum atomic E-state index is 12.6. The van der Waals surface area contributed by atoms with Crippen molar-refractivity contribution in [3.63, 3.8) is 0 Å². The van der Waals surface area contributed by atoms with E-state index in [0.29, 0.717) is 6.42 Å². The number of esters is 1. The highest BCUT2D eigenvalue weighted by Gasteiger charge is 2.56. The van der Waals surface area contributed by atoms with Crippen LogP contribution in [0.1, 0.15) is 50.7 Å². The summed E-state index contributed by atoms with van der Waals surface area (Å²) in [6.07, 6.45) is 3.94. The fraction of sp³-hybridized carbons (Fsp3) is 0.636. The lowest BCUT2D eigenvalue weighted by atomic mass is 9.76. The summed E-state index contributed by atoms with van der Waals surface area (Å²) in [6, 6.07) is 8.82. The highest BCUT2D eigenvalue weighted by atomic mass is 16.5. The first-order valence-corrected chi connectivity index (χ1v) is 10.2. The summed E-state index contributed by atoms with van der Waals surface area (Å²) in [6.45, 7) is 7.70. The number of carbonyl (C=O) groups is 2. The maximum Gasteiger partial charge on any atom is 0.311 e. The Labute approximate surface area is 162 Å². The number of hydrogen-bond acceptors (Lipinski definition) is 4. The molecule has 1 aromatic carbocycles. The minimum atomic E-state index is -0.358. The summed E-state index contributed by atoms with van der Waals surface area (Å²) in [4.78, 5) is 29.4. The lowest BCUT2D eigenvalue weighted by Gasteiger charge is -2.47. The van der Waals surface area contributed by atoms with E-state index in [4.69, 9.17) is 4.74 Å². The first kappa shape index (κ1) is 19.9. The van der Waals surface area contributed by atoms with Gasteiger partial charge in [-0.15, -0.1) is 0 Å². The van der Waals surface area contributed by atoms with Gasteiger partial charge in [-0.1, -0.05) is 38.1 Å². The van der Waals surface area contributed by atoms with Crippen LogP contribution >= 0.6 is 0 Å². The molecule has 2 aliphatic rings. The molecule has 3 rings (SSSR count). The third-order valence-electron chi connectivity index (χ3n) is 6.36. The molecule has 0 N–H and O–H groups in total. The Bertz CT molecular complexity index is 663. The SMILES string of the molecule is CCCN1C(=O)CC(C(=O)OC)C12CCN(Cc1ccc(CC)cc1)CC2. The van der Waals surface area contributed by atoms with Crippen LogP contribution in [0.25, 0.3) is 0 Å². The Kier molecular flexibility index (Phi) is 6.20. The highest BCUT2D eigenvalue weighted by molar-refractivity contribution is 5.89. The zero-order valence-electron chi connectivity index (χ0n) is 16.9. The molecule has 0 bridgehead atoms. The number of aryl methyl sites for hydroxylation is 1. The van der Waals surface area contributed by atoms with Crippen LogP contribution in [0, 0.1) is 5.92 Å². The van der Waals surface area contributed by atoms with E-state index in [1.165, 1.54) is 18.2 Å². The molecule has 0 aromatic heterocycles. The zero-order chi connectivity index (χ0) is 19.4. The van der Waals surface area contributed by atoms with E-state index < -0.39 is 0 Å². The first-order valence-electron chi connectivity index (χ1n) is 10.2. The molecule has 0 saturated carbocycles. The molecular weight excluding hydrogens is 340 g/mol. The molecule has 2 saturated heterocycles. The minimum Gasteiger partial charge on any atom is -0.469 e. The van der Waals surface area contributed by atoms with Crippen molar-refractivity contribution in [2.24, 2.45) is 5.92 Å². The molecule has 5 heteroatoms. The van der Waals surface area contributed by atoms with Crippen LogP contribution in [-0.4, -0.2) is 54.0 Å². The van der Waals surface area contributed by atoms with Crippen molar-refractivity contribution in [2.75, 3.05) is 26.7 Å². The predicted octanol–water partition coefficient (Wildman–Crippen LogP) is 3.02. The number of carbonyl (C=O) groups excluding carboxylic acids is 2. The topological polar surface area (TPSA) is 49.9 Å². The van der Waals surface area contributed by atoms with E-state index in [-0.39, 0.29) is 23.3 Å². The summed E-state index contributed by atoms with van der Waals surface area (Å²) < 4.78 is 5.05. The van der Waals surface area contributed by atoms with Crippen molar-refractivity contribution < 1.29 is 14.3 Å². The Morgan fingerprint density at radius 1 is 1.15 bits per heavy atom. The third kappa shape index (κ3) is 3.88. The molecule has 1 aromatic rings. The third-order valence-corrected chi connectivity index (χ3v) is 6.36. The van der Waals surface area contributed by atoms with Gasteiger partial charge in [0.05, 0.1) is 18.6 Å². The van der Waals surface area contributed by atoms with E-state index in [1.807, 2.05) is 4.90 Å². The number of amides is 1. The predicted molar refractivity (Wildman–Crippen MR) is 105 cm³/mol. The molecule has 1 unspecified atom stereocenters. The second-order valence-electron chi connectivity index (χ2n) is 7.88. The second-order valence-corrected chi connectivity index (χ2v) is 7.88. The number of nitrogens with zero attached hydrogens (tertiary/aromatic N) is 2. The van der Waals surface area contributed by atoms with Crippen LogP contribution in [0.3, 0.4) is 0 Å². The molecule has 1 atom stereocenters. The number of rotatable bonds is 6. The molecule has 5 nitrogen and oxygen atoms in total. The Balaban J connectivity index is 1.71. The average molecular weight is 373 g/mol. The quantitative estimate of drug-likeness (QED) is 0.721. The maximum absolute atomic E-state index is 12.6. The van der Waals surface area contributed by atoms with Gasteiger partial charge in [-0.3, -0.25) is 14.5 Å². The first-order chi connectivity index (χ1) is 13.0. The molecule has 27 heavy (non-hydrogen) atoms. The number of piperidine rings is 1. The smallest absolute Gasteiger partial charge is 0.311 e. The van der Waals surface area contributed by atoms with Crippen LogP contribution in [0.2, 0.25) is 0 Å². The van der Waals surface area contributed by atoms with Gasteiger partial charge >= 0.3 is 5.97 Å². The van der Waals surface area contributed by atoms with Gasteiger partial charge in [-0.25, -0.2) is 0 Å². The largest absolute Gasteiger partial charge is 0.469 e. The number of ether oxygens (including phenoxy) is 1. The molecule has 1 amide bonds. The summed E-state index contributed by atoms with van der Waals surface area (Å²) in [5.74, 6) is -0.450. The summed E-state index contributed by atoms with van der Waals surface area (Å²) in [5.41, 5.74) is 2.32. The Morgan fingerprint density at radius 2 is 1.78 bits per heavy atom. The van der Waals surface area contributed by atoms with Crippen molar-refractivity contribution in [3.8, 4) is 0 Å². The van der Waals surface area contributed by atoms with Gasteiger partial charge in [0.2, 0.25) is 5.91 Å². The van der Waals surface area contributed by atoms with Crippen LogP contribution < -0.4 is 0 Å². The van der Waals surface area contributed by atoms with E-state index in [1.54, 1.807) is 0 Å². The van der Waals surface area contributed by atoms with Crippen molar-refractivity contribution in [3.05, 3.63) is 35.4 Å². The normalized spacial score (nSPS) is 22.4. The van der Waals surface area contributed by atoms with E-state index >= 15 is 0 Å². The molecule has 0 radical (unpaired) electrons. The van der Waals surface area contributed by atoms with Crippen LogP contribution in [0.15, 0.2) is 24.3 Å². The van der Waals surface area contributed by atoms with Gasteiger partial charge in [-0.05, 0) is 36.8 Å². The van der Waals surface area contributed by atoms with Gasteiger partial charge in [0.25, 0.3) is 0 Å². The monoisotopic (exact) mass is 372 g/mol. The van der Waals surface area contributed by atoms with Crippen LogP contribution in [0.4, 0.5) is 0 Å². The number of hydrogen-bond donors (Lipinski definition) is 0. The molecule has 0 aliphatic carbocycles. The number of benzene rings is 1. The van der Waals surface area contributed by atoms with Gasteiger partial charge < -0.3 is 9.64 Å². The fourth-order valence-electron chi connectivity index (χ4n) is 4.78. The number of likely N-dealkylation sites (tertiary alicyclic amines) is 2. The molecule has 2 aliphatic heterocycles. The summed E-state index contributed by atoms with van der Waals surface area (Å²) in [7, 11) is 1.43. The molecule has 2 heterocycles. The van der Waals surface area contributed by atoms with Gasteiger partial charge in [0.15, 0.2) is 0 Å². The lowest BCUT2D eigenvalue weighted by Crippen LogP contribution is -2.57. The van der Waals surface area contributed by atoms with Crippen molar-refractivity contribution in [2.45, 2.75) is 58.0 Å². The van der Waals surface area contributed by atoms with Gasteiger partial charge in [0, 0.05) is 32.6 Å². The van der Waals surface area contributed by atoms with Gasteiger partial charge in [-0.2, -0.15) is 0 Å². The Morgan fingerprint density at radius 3 is 2.33 bits per heavy atom. The fourth-order valence-corrected chi connectivity index (χ4v) is 4.78. The Hall–Kier alpha value is -1.88. The standard InChI is InChI=1S/C22H32N2O3/c1-4-12-24-20(25)15-19(21(26)27-3)22(24)10-13-23(14-11-22)16-18-8-6-17(5-2)7-9-18/h6-9,19H,4-5,10-16H2,1-3H3. The van der Waals surface area contributed by atoms with Crippen LogP contribution in [0.5, 0.6) is 0 Å². The van der Waals surface area contributed by atoms with Crippen molar-refractivity contribution in [1.82, 2.24) is 9.80 Å². The summed E-state index contributed by atoms with van der Waals surface area (Å²) >= 11 is 0. The zero-order valence-corrected chi connectivity index (χ0v) is 16.9. The van der Waals surface area contributed by atoms with E-state index in [2.05, 4.69) is 43.0 Å². The highest BCUT2D eigenvalue weighted by Crippen LogP contribution is 2.44. The van der Waals surface area contributed by atoms with Gasteiger partial charge in [0.1, 0.15) is 0 Å². The molecular formula is C22H32N2O3.